The highest BCUT2D eigenvalue weighted by Gasteiger charge is 2.52. The lowest BCUT2D eigenvalue weighted by Crippen LogP contribution is -2.41. The van der Waals surface area contributed by atoms with E-state index in [-0.39, 0.29) is 52.7 Å². The number of fused-ring (bicyclic) bond motifs is 2. The van der Waals surface area contributed by atoms with Gasteiger partial charge in [0, 0.05) is 5.92 Å². The predicted molar refractivity (Wildman–Crippen MR) is 114 cm³/mol. The monoisotopic (exact) mass is 406 g/mol. The fourth-order valence-electron chi connectivity index (χ4n) is 5.90. The molecule has 0 heterocycles. The van der Waals surface area contributed by atoms with Gasteiger partial charge in [-0.2, -0.15) is 0 Å². The molecule has 4 heteroatoms. The van der Waals surface area contributed by atoms with Crippen LogP contribution in [0, 0.1) is 35.0 Å². The third-order valence-electron chi connectivity index (χ3n) is 7.52. The van der Waals surface area contributed by atoms with Crippen molar-refractivity contribution in [3.8, 4) is 0 Å². The van der Waals surface area contributed by atoms with Crippen LogP contribution in [0.25, 0.3) is 0 Å². The second-order valence-corrected chi connectivity index (χ2v) is 11.9. The Kier molecular flexibility index (Phi) is 6.70. The topological polar surface area (TPSA) is 52.6 Å². The Bertz CT molecular complexity index is 596. The molecule has 5 atom stereocenters. The van der Waals surface area contributed by atoms with Crippen LogP contribution in [0.3, 0.4) is 0 Å². The predicted octanol–water partition coefficient (Wildman–Crippen LogP) is 5.92. The number of carbonyl (C=O) groups is 2. The van der Waals surface area contributed by atoms with Gasteiger partial charge in [-0.25, -0.2) is 0 Å². The Hall–Kier alpha value is -1.06. The molecule has 3 saturated carbocycles. The number of hydrogen-bond donors (Lipinski definition) is 0. The molecule has 0 saturated heterocycles. The normalized spacial score (nSPS) is 32.2. The van der Waals surface area contributed by atoms with Gasteiger partial charge in [-0.05, 0) is 75.5 Å². The minimum Gasteiger partial charge on any atom is -0.462 e. The highest BCUT2D eigenvalue weighted by atomic mass is 16.6. The first-order chi connectivity index (χ1) is 13.5. The van der Waals surface area contributed by atoms with Crippen molar-refractivity contribution in [2.24, 2.45) is 35.0 Å². The lowest BCUT2D eigenvalue weighted by atomic mass is 9.79. The largest absolute Gasteiger partial charge is 0.462 e. The Morgan fingerprint density at radius 2 is 1.69 bits per heavy atom. The van der Waals surface area contributed by atoms with Gasteiger partial charge in [-0.1, -0.05) is 41.0 Å². The van der Waals surface area contributed by atoms with Gasteiger partial charge in [0.2, 0.25) is 0 Å². The zero-order chi connectivity index (χ0) is 21.4. The molecule has 0 aromatic rings. The zero-order valence-corrected chi connectivity index (χ0v) is 19.5. The average Bonchev–Trinajstić information content (AvgIpc) is 3.19. The van der Waals surface area contributed by atoms with Crippen molar-refractivity contribution >= 4 is 11.9 Å². The van der Waals surface area contributed by atoms with E-state index in [2.05, 4.69) is 41.5 Å². The molecule has 0 amide bonds. The van der Waals surface area contributed by atoms with Gasteiger partial charge < -0.3 is 9.47 Å². The highest BCUT2D eigenvalue weighted by Crippen LogP contribution is 2.51. The van der Waals surface area contributed by atoms with Crippen LogP contribution in [0.4, 0.5) is 0 Å². The molecule has 0 radical (unpaired) electrons. The van der Waals surface area contributed by atoms with Crippen LogP contribution in [0.1, 0.15) is 99.3 Å². The molecule has 0 aliphatic heterocycles. The molecule has 3 rings (SSSR count). The van der Waals surface area contributed by atoms with Crippen LogP contribution in [0.5, 0.6) is 0 Å². The van der Waals surface area contributed by atoms with Crippen molar-refractivity contribution in [2.75, 3.05) is 0 Å². The SMILES string of the molecule is CC(C)C(CC(C)(C)C)C(=O)OC1CC2CC(C(=O)OC3(C)CCCCC3)C1C2. The summed E-state index contributed by atoms with van der Waals surface area (Å²) in [4.78, 5) is 26.0. The van der Waals surface area contributed by atoms with Crippen LogP contribution in [0.2, 0.25) is 0 Å². The first-order valence-electron chi connectivity index (χ1n) is 11.9. The van der Waals surface area contributed by atoms with E-state index in [9.17, 15) is 9.59 Å². The van der Waals surface area contributed by atoms with Gasteiger partial charge in [-0.3, -0.25) is 9.59 Å². The van der Waals surface area contributed by atoms with E-state index < -0.39 is 0 Å². The molecular formula is C25H42O4. The molecular weight excluding hydrogens is 364 g/mol. The first kappa shape index (κ1) is 22.6. The Labute approximate surface area is 177 Å². The standard InChI is InChI=1S/C25H42O4/c1-16(2)20(15-24(3,4)5)22(26)28-21-14-17-12-18(21)19(13-17)23(27)29-25(6)10-8-7-9-11-25/h16-21H,7-15H2,1-6H3. The summed E-state index contributed by atoms with van der Waals surface area (Å²) in [6.45, 7) is 12.8. The fourth-order valence-corrected chi connectivity index (χ4v) is 5.90. The van der Waals surface area contributed by atoms with Crippen molar-refractivity contribution < 1.29 is 19.1 Å². The zero-order valence-electron chi connectivity index (χ0n) is 19.5. The quantitative estimate of drug-likeness (QED) is 0.514. The van der Waals surface area contributed by atoms with Crippen LogP contribution in [0.15, 0.2) is 0 Å². The lowest BCUT2D eigenvalue weighted by molar-refractivity contribution is -0.174. The summed E-state index contributed by atoms with van der Waals surface area (Å²) in [5.74, 6) is 0.607. The van der Waals surface area contributed by atoms with Crippen molar-refractivity contribution in [1.82, 2.24) is 0 Å². The third kappa shape index (κ3) is 5.55. The number of carbonyl (C=O) groups excluding carboxylic acids is 2. The van der Waals surface area contributed by atoms with E-state index in [0.29, 0.717) is 5.92 Å². The number of hydrogen-bond acceptors (Lipinski definition) is 4. The van der Waals surface area contributed by atoms with E-state index in [1.54, 1.807) is 0 Å². The van der Waals surface area contributed by atoms with Gasteiger partial charge in [0.15, 0.2) is 0 Å². The number of rotatable bonds is 6. The van der Waals surface area contributed by atoms with E-state index in [1.165, 1.54) is 6.42 Å². The van der Waals surface area contributed by atoms with Crippen LogP contribution >= 0.6 is 0 Å². The van der Waals surface area contributed by atoms with Gasteiger partial charge in [0.25, 0.3) is 0 Å². The van der Waals surface area contributed by atoms with Gasteiger partial charge in [0.05, 0.1) is 11.8 Å². The summed E-state index contributed by atoms with van der Waals surface area (Å²) >= 11 is 0. The molecule has 3 fully saturated rings. The maximum atomic E-state index is 13.0. The molecule has 3 aliphatic rings. The van der Waals surface area contributed by atoms with E-state index in [1.807, 2.05) is 0 Å². The summed E-state index contributed by atoms with van der Waals surface area (Å²) in [5, 5.41) is 0. The molecule has 0 spiro atoms. The molecule has 2 bridgehead atoms. The van der Waals surface area contributed by atoms with Crippen LogP contribution < -0.4 is 0 Å². The second-order valence-electron chi connectivity index (χ2n) is 11.9. The van der Waals surface area contributed by atoms with Crippen molar-refractivity contribution in [3.63, 3.8) is 0 Å². The maximum Gasteiger partial charge on any atom is 0.309 e. The van der Waals surface area contributed by atoms with E-state index in [4.69, 9.17) is 9.47 Å². The van der Waals surface area contributed by atoms with Crippen molar-refractivity contribution in [3.05, 3.63) is 0 Å². The summed E-state index contributed by atoms with van der Waals surface area (Å²) in [6, 6.07) is 0. The molecule has 29 heavy (non-hydrogen) atoms. The third-order valence-corrected chi connectivity index (χ3v) is 7.52. The fraction of sp³-hybridized carbons (Fsp3) is 0.920. The minimum absolute atomic E-state index is 0.0437. The first-order valence-corrected chi connectivity index (χ1v) is 11.9. The lowest BCUT2D eigenvalue weighted by Gasteiger charge is -2.36. The van der Waals surface area contributed by atoms with Crippen molar-refractivity contribution in [1.29, 1.82) is 0 Å². The molecule has 5 unspecified atom stereocenters. The summed E-state index contributed by atoms with van der Waals surface area (Å²) < 4.78 is 12.1. The van der Waals surface area contributed by atoms with Gasteiger partial charge >= 0.3 is 11.9 Å². The smallest absolute Gasteiger partial charge is 0.309 e. The van der Waals surface area contributed by atoms with Crippen LogP contribution in [-0.4, -0.2) is 23.6 Å². The minimum atomic E-state index is -0.293. The summed E-state index contributed by atoms with van der Waals surface area (Å²) in [6.07, 6.45) is 9.01. The van der Waals surface area contributed by atoms with Gasteiger partial charge in [0.1, 0.15) is 11.7 Å². The molecule has 0 N–H and O–H groups in total. The van der Waals surface area contributed by atoms with Gasteiger partial charge in [-0.15, -0.1) is 0 Å². The average molecular weight is 407 g/mol. The van der Waals surface area contributed by atoms with E-state index in [0.717, 1.165) is 51.4 Å². The van der Waals surface area contributed by atoms with Crippen LogP contribution in [-0.2, 0) is 19.1 Å². The second kappa shape index (κ2) is 8.59. The Morgan fingerprint density at radius 1 is 1.03 bits per heavy atom. The summed E-state index contributed by atoms with van der Waals surface area (Å²) in [7, 11) is 0. The molecule has 0 aromatic carbocycles. The van der Waals surface area contributed by atoms with Crippen molar-refractivity contribution in [2.45, 2.75) is 111 Å². The summed E-state index contributed by atoms with van der Waals surface area (Å²) in [5.41, 5.74) is -0.205. The molecule has 166 valence electrons. The Balaban J connectivity index is 1.60. The van der Waals surface area contributed by atoms with E-state index >= 15 is 0 Å². The molecule has 0 aromatic heterocycles. The highest BCUT2D eigenvalue weighted by molar-refractivity contribution is 5.75. The Morgan fingerprint density at radius 3 is 2.24 bits per heavy atom. The molecule has 3 aliphatic carbocycles. The number of esters is 2. The molecule has 4 nitrogen and oxygen atoms in total. The number of ether oxygens (including phenoxy) is 2. The maximum absolute atomic E-state index is 13.0.